The van der Waals surface area contributed by atoms with Crippen molar-refractivity contribution in [2.75, 3.05) is 25.0 Å². The second kappa shape index (κ2) is 11.3. The maximum absolute atomic E-state index is 12.5. The van der Waals surface area contributed by atoms with Crippen LogP contribution in [-0.4, -0.2) is 53.8 Å². The minimum Gasteiger partial charge on any atom is -0.508 e. The van der Waals surface area contributed by atoms with Crippen LogP contribution in [0.1, 0.15) is 64.0 Å². The number of phenolic OH excluding ortho intramolecular Hbond substituents is 1. The van der Waals surface area contributed by atoms with E-state index in [9.17, 15) is 9.90 Å². The van der Waals surface area contributed by atoms with Crippen LogP contribution in [-0.2, 0) is 15.9 Å². The summed E-state index contributed by atoms with van der Waals surface area (Å²) in [5.41, 5.74) is 4.47. The molecule has 1 amide bonds. The number of amides is 1. The van der Waals surface area contributed by atoms with Crippen LogP contribution in [0.3, 0.4) is 0 Å². The van der Waals surface area contributed by atoms with Crippen molar-refractivity contribution in [1.82, 2.24) is 4.90 Å². The molecule has 0 saturated carbocycles. The molecule has 0 aromatic heterocycles. The Hall–Kier alpha value is -3.06. The summed E-state index contributed by atoms with van der Waals surface area (Å²) < 4.78 is 11.5. The van der Waals surface area contributed by atoms with Gasteiger partial charge in [-0.25, -0.2) is 4.79 Å². The standard InChI is InChI=1S/C29H39N3O4/c1-29(2,3)36-28(34)32-13-11-20(12-14-32)16-23-17-22(21-7-9-24(33)10-8-21)18-26(25(23)19-30)31-27-6-4-5-15-35-27/h7-10,17-20,27,30-31,33H,4-6,11-16H2,1-3H3. The van der Waals surface area contributed by atoms with Crippen molar-refractivity contribution in [3.63, 3.8) is 0 Å². The number of nitrogens with one attached hydrogen (secondary N) is 2. The lowest BCUT2D eigenvalue weighted by atomic mass is 9.86. The van der Waals surface area contributed by atoms with E-state index in [-0.39, 0.29) is 18.1 Å². The number of benzene rings is 2. The lowest BCUT2D eigenvalue weighted by Crippen LogP contribution is -2.42. The van der Waals surface area contributed by atoms with Gasteiger partial charge in [-0.3, -0.25) is 0 Å². The van der Waals surface area contributed by atoms with E-state index < -0.39 is 5.60 Å². The number of hydrogen-bond donors (Lipinski definition) is 3. The molecule has 2 aliphatic rings. The molecule has 36 heavy (non-hydrogen) atoms. The van der Waals surface area contributed by atoms with Crippen molar-refractivity contribution in [2.24, 2.45) is 5.92 Å². The fourth-order valence-electron chi connectivity index (χ4n) is 4.98. The van der Waals surface area contributed by atoms with Gasteiger partial charge in [0.05, 0.1) is 0 Å². The van der Waals surface area contributed by atoms with E-state index in [2.05, 4.69) is 17.4 Å². The Labute approximate surface area is 214 Å². The van der Waals surface area contributed by atoms with Gasteiger partial charge in [0.2, 0.25) is 0 Å². The highest BCUT2D eigenvalue weighted by Crippen LogP contribution is 2.33. The number of ether oxygens (including phenoxy) is 2. The van der Waals surface area contributed by atoms with Gasteiger partial charge in [-0.1, -0.05) is 18.2 Å². The highest BCUT2D eigenvalue weighted by atomic mass is 16.6. The summed E-state index contributed by atoms with van der Waals surface area (Å²) in [6, 6.07) is 11.5. The van der Waals surface area contributed by atoms with Crippen LogP contribution in [0.25, 0.3) is 11.1 Å². The fourth-order valence-corrected chi connectivity index (χ4v) is 4.98. The highest BCUT2D eigenvalue weighted by molar-refractivity contribution is 5.90. The maximum Gasteiger partial charge on any atom is 0.410 e. The summed E-state index contributed by atoms with van der Waals surface area (Å²) in [5.74, 6) is 0.650. The fraction of sp³-hybridized carbons (Fsp3) is 0.517. The summed E-state index contributed by atoms with van der Waals surface area (Å²) in [7, 11) is 0. The predicted molar refractivity (Wildman–Crippen MR) is 143 cm³/mol. The molecule has 0 spiro atoms. The number of carbonyl (C=O) groups excluding carboxylic acids is 1. The number of likely N-dealkylation sites (tertiary alicyclic amines) is 1. The number of aromatic hydroxyl groups is 1. The van der Waals surface area contributed by atoms with E-state index >= 15 is 0 Å². The normalized spacial score (nSPS) is 19.1. The number of phenols is 1. The van der Waals surface area contributed by atoms with Crippen molar-refractivity contribution in [3.8, 4) is 16.9 Å². The van der Waals surface area contributed by atoms with Crippen molar-refractivity contribution < 1.29 is 19.4 Å². The topological polar surface area (TPSA) is 94.9 Å². The lowest BCUT2D eigenvalue weighted by molar-refractivity contribution is 0.0184. The van der Waals surface area contributed by atoms with Gasteiger partial charge in [0.25, 0.3) is 0 Å². The van der Waals surface area contributed by atoms with Gasteiger partial charge in [-0.05, 0) is 100 Å². The number of rotatable bonds is 6. The van der Waals surface area contributed by atoms with Crippen LogP contribution < -0.4 is 5.32 Å². The van der Waals surface area contributed by atoms with Crippen LogP contribution in [0.2, 0.25) is 0 Å². The Kier molecular flexibility index (Phi) is 8.19. The minimum absolute atomic E-state index is 0.0579. The van der Waals surface area contributed by atoms with Crippen LogP contribution >= 0.6 is 0 Å². The van der Waals surface area contributed by atoms with E-state index in [1.54, 1.807) is 17.0 Å². The number of hydrogen-bond acceptors (Lipinski definition) is 6. The SMILES string of the molecule is CC(C)(C)OC(=O)N1CCC(Cc2cc(-c3ccc(O)cc3)cc(NC3CCCCO3)c2C=N)CC1. The predicted octanol–water partition coefficient (Wildman–Crippen LogP) is 6.18. The molecular formula is C29H39N3O4. The number of carbonyl (C=O) groups is 1. The molecule has 2 fully saturated rings. The highest BCUT2D eigenvalue weighted by Gasteiger charge is 2.28. The second-order valence-corrected chi connectivity index (χ2v) is 10.9. The maximum atomic E-state index is 12.5. The zero-order chi connectivity index (χ0) is 25.7. The molecule has 0 radical (unpaired) electrons. The third-order valence-corrected chi connectivity index (χ3v) is 6.88. The molecule has 2 aromatic carbocycles. The molecule has 2 heterocycles. The number of nitrogens with zero attached hydrogens (tertiary/aromatic N) is 1. The van der Waals surface area contributed by atoms with Crippen molar-refractivity contribution in [3.05, 3.63) is 47.5 Å². The van der Waals surface area contributed by atoms with Gasteiger partial charge in [-0.2, -0.15) is 0 Å². The van der Waals surface area contributed by atoms with Gasteiger partial charge >= 0.3 is 6.09 Å². The largest absolute Gasteiger partial charge is 0.508 e. The average Bonchev–Trinajstić information content (AvgIpc) is 2.84. The number of piperidine rings is 1. The zero-order valence-corrected chi connectivity index (χ0v) is 21.7. The van der Waals surface area contributed by atoms with Crippen molar-refractivity contribution >= 4 is 18.0 Å². The van der Waals surface area contributed by atoms with Gasteiger partial charge in [0.15, 0.2) is 0 Å². The molecule has 0 aliphatic carbocycles. The second-order valence-electron chi connectivity index (χ2n) is 10.9. The summed E-state index contributed by atoms with van der Waals surface area (Å²) in [6.45, 7) is 7.78. The zero-order valence-electron chi connectivity index (χ0n) is 21.7. The Bertz CT molecular complexity index is 1050. The molecule has 7 nitrogen and oxygen atoms in total. The van der Waals surface area contributed by atoms with Crippen LogP contribution in [0.15, 0.2) is 36.4 Å². The third-order valence-electron chi connectivity index (χ3n) is 6.88. The molecule has 3 N–H and O–H groups in total. The van der Waals surface area contributed by atoms with E-state index in [4.69, 9.17) is 14.9 Å². The van der Waals surface area contributed by atoms with Crippen molar-refractivity contribution in [2.45, 2.75) is 71.1 Å². The summed E-state index contributed by atoms with van der Waals surface area (Å²) in [6.07, 6.45) is 6.92. The number of anilines is 1. The molecule has 2 aromatic rings. The first-order chi connectivity index (χ1) is 17.2. The summed E-state index contributed by atoms with van der Waals surface area (Å²) >= 11 is 0. The minimum atomic E-state index is -0.493. The molecule has 4 rings (SSSR count). The van der Waals surface area contributed by atoms with Crippen molar-refractivity contribution in [1.29, 1.82) is 5.41 Å². The molecule has 1 atom stereocenters. The average molecular weight is 494 g/mol. The Balaban J connectivity index is 1.55. The summed E-state index contributed by atoms with van der Waals surface area (Å²) in [5, 5.41) is 21.5. The van der Waals surface area contributed by atoms with Gasteiger partial charge in [0, 0.05) is 37.2 Å². The van der Waals surface area contributed by atoms with Crippen LogP contribution in [0.5, 0.6) is 5.75 Å². The van der Waals surface area contributed by atoms with E-state index in [1.807, 2.05) is 32.9 Å². The van der Waals surface area contributed by atoms with Crippen LogP contribution in [0, 0.1) is 11.3 Å². The quantitative estimate of drug-likeness (QED) is 0.417. The van der Waals surface area contributed by atoms with E-state index in [0.29, 0.717) is 19.0 Å². The van der Waals surface area contributed by atoms with E-state index in [1.165, 1.54) is 6.21 Å². The summed E-state index contributed by atoms with van der Waals surface area (Å²) in [4.78, 5) is 14.3. The molecule has 194 valence electrons. The van der Waals surface area contributed by atoms with Gasteiger partial charge < -0.3 is 30.2 Å². The first-order valence-corrected chi connectivity index (χ1v) is 13.0. The monoisotopic (exact) mass is 493 g/mol. The molecule has 2 aliphatic heterocycles. The molecule has 0 bridgehead atoms. The Morgan fingerprint density at radius 3 is 2.47 bits per heavy atom. The molecule has 7 heteroatoms. The first kappa shape index (κ1) is 26.0. The van der Waals surface area contributed by atoms with Crippen LogP contribution in [0.4, 0.5) is 10.5 Å². The van der Waals surface area contributed by atoms with Gasteiger partial charge in [-0.15, -0.1) is 0 Å². The molecular weight excluding hydrogens is 454 g/mol. The van der Waals surface area contributed by atoms with Gasteiger partial charge in [0.1, 0.15) is 17.6 Å². The molecule has 2 saturated heterocycles. The molecule has 1 unspecified atom stereocenters. The van der Waals surface area contributed by atoms with E-state index in [0.717, 1.165) is 73.1 Å². The smallest absolute Gasteiger partial charge is 0.410 e. The Morgan fingerprint density at radius 2 is 1.86 bits per heavy atom. The first-order valence-electron chi connectivity index (χ1n) is 13.0. The lowest BCUT2D eigenvalue weighted by Gasteiger charge is -2.34. The Morgan fingerprint density at radius 1 is 1.14 bits per heavy atom. The third kappa shape index (κ3) is 6.78.